The minimum absolute atomic E-state index is 0.0198. The SMILES string of the molecule is COC(c1ccc(F)cc1)c1nc2cc(F)c(F)cc2n1C(C(=O)Nc1ccc(C(=O)O)cc1OC(F)(F)F)C1CCCCC1. The van der Waals surface area contributed by atoms with Gasteiger partial charge in [0.05, 0.1) is 22.3 Å². The van der Waals surface area contributed by atoms with Crippen LogP contribution in [0.25, 0.3) is 11.0 Å². The number of carboxylic acid groups (broad SMARTS) is 1. The summed E-state index contributed by atoms with van der Waals surface area (Å²) in [4.78, 5) is 30.2. The summed E-state index contributed by atoms with van der Waals surface area (Å²) in [5.41, 5.74) is -0.573. The van der Waals surface area contributed by atoms with Crippen LogP contribution in [0, 0.1) is 23.4 Å². The van der Waals surface area contributed by atoms with Crippen LogP contribution >= 0.6 is 0 Å². The summed E-state index contributed by atoms with van der Waals surface area (Å²) >= 11 is 0. The number of amides is 1. The highest BCUT2D eigenvalue weighted by Crippen LogP contribution is 2.41. The van der Waals surface area contributed by atoms with Crippen LogP contribution < -0.4 is 10.1 Å². The molecule has 1 amide bonds. The van der Waals surface area contributed by atoms with E-state index in [2.05, 4.69) is 15.0 Å². The number of carboxylic acids is 1. The summed E-state index contributed by atoms with van der Waals surface area (Å²) in [6.07, 6.45) is -2.92. The highest BCUT2D eigenvalue weighted by atomic mass is 19.4. The van der Waals surface area contributed by atoms with Gasteiger partial charge in [-0.25, -0.2) is 22.9 Å². The monoisotopic (exact) mass is 635 g/mol. The number of nitrogens with zero attached hydrogens (tertiary/aromatic N) is 2. The van der Waals surface area contributed by atoms with Gasteiger partial charge in [-0.1, -0.05) is 31.4 Å². The van der Waals surface area contributed by atoms with Gasteiger partial charge in [-0.05, 0) is 54.7 Å². The Hall–Kier alpha value is -4.59. The fourth-order valence-electron chi connectivity index (χ4n) is 5.78. The van der Waals surface area contributed by atoms with E-state index in [1.807, 2.05) is 0 Å². The lowest BCUT2D eigenvalue weighted by Gasteiger charge is -2.33. The summed E-state index contributed by atoms with van der Waals surface area (Å²) < 4.78 is 93.8. The average molecular weight is 636 g/mol. The van der Waals surface area contributed by atoms with Gasteiger partial charge in [0.1, 0.15) is 23.8 Å². The Morgan fingerprint density at radius 1 is 0.978 bits per heavy atom. The van der Waals surface area contributed by atoms with Crippen LogP contribution in [0.3, 0.4) is 0 Å². The second-order valence-corrected chi connectivity index (χ2v) is 10.7. The van der Waals surface area contributed by atoms with Crippen LogP contribution in [0.15, 0.2) is 54.6 Å². The number of ether oxygens (including phenoxy) is 2. The number of benzene rings is 3. The number of carbonyl (C=O) groups excluding carboxylic acids is 1. The molecule has 2 unspecified atom stereocenters. The second-order valence-electron chi connectivity index (χ2n) is 10.7. The third-order valence-electron chi connectivity index (χ3n) is 7.76. The van der Waals surface area contributed by atoms with Gasteiger partial charge < -0.3 is 24.5 Å². The Balaban J connectivity index is 1.69. The number of methoxy groups -OCH3 is 1. The van der Waals surface area contributed by atoms with Crippen molar-refractivity contribution in [1.82, 2.24) is 9.55 Å². The van der Waals surface area contributed by atoms with Crippen LogP contribution in [-0.4, -0.2) is 40.0 Å². The maximum atomic E-state index is 14.7. The molecule has 1 aromatic heterocycles. The van der Waals surface area contributed by atoms with Gasteiger partial charge >= 0.3 is 12.3 Å². The van der Waals surface area contributed by atoms with E-state index in [4.69, 9.17) is 4.74 Å². The van der Waals surface area contributed by atoms with Gasteiger partial charge in [0.25, 0.3) is 0 Å². The first-order chi connectivity index (χ1) is 21.4. The number of alkyl halides is 3. The quantitative estimate of drug-likeness (QED) is 0.184. The molecule has 1 fully saturated rings. The molecule has 238 valence electrons. The number of imidazole rings is 1. The normalized spacial score (nSPS) is 15.5. The van der Waals surface area contributed by atoms with Crippen molar-refractivity contribution in [3.8, 4) is 5.75 Å². The van der Waals surface area contributed by atoms with Crippen molar-refractivity contribution < 1.29 is 50.5 Å². The van der Waals surface area contributed by atoms with E-state index in [9.17, 15) is 41.0 Å². The molecule has 0 aliphatic heterocycles. The molecule has 14 heteroatoms. The first kappa shape index (κ1) is 31.8. The Morgan fingerprint density at radius 2 is 1.64 bits per heavy atom. The summed E-state index contributed by atoms with van der Waals surface area (Å²) in [5, 5.41) is 11.7. The van der Waals surface area contributed by atoms with E-state index in [1.165, 1.54) is 35.9 Å². The average Bonchev–Trinajstić information content (AvgIpc) is 3.32. The molecule has 0 radical (unpaired) electrons. The van der Waals surface area contributed by atoms with Crippen LogP contribution in [0.4, 0.5) is 32.0 Å². The van der Waals surface area contributed by atoms with Crippen molar-refractivity contribution in [1.29, 1.82) is 0 Å². The third-order valence-corrected chi connectivity index (χ3v) is 7.76. The van der Waals surface area contributed by atoms with Crippen molar-refractivity contribution in [3.63, 3.8) is 0 Å². The fourth-order valence-corrected chi connectivity index (χ4v) is 5.78. The summed E-state index contributed by atoms with van der Waals surface area (Å²) in [6, 6.07) is 8.33. The van der Waals surface area contributed by atoms with E-state index in [1.54, 1.807) is 0 Å². The second kappa shape index (κ2) is 12.8. The maximum Gasteiger partial charge on any atom is 0.573 e. The molecular formula is C31H27F6N3O5. The summed E-state index contributed by atoms with van der Waals surface area (Å²) in [6.45, 7) is 0. The molecule has 1 aliphatic carbocycles. The third kappa shape index (κ3) is 6.90. The Morgan fingerprint density at radius 3 is 2.27 bits per heavy atom. The number of anilines is 1. The van der Waals surface area contributed by atoms with Gasteiger partial charge in [0, 0.05) is 19.2 Å². The fraction of sp³-hybridized carbons (Fsp3) is 0.323. The Bertz CT molecular complexity index is 1720. The largest absolute Gasteiger partial charge is 0.573 e. The molecule has 2 N–H and O–H groups in total. The summed E-state index contributed by atoms with van der Waals surface area (Å²) in [7, 11) is 1.33. The lowest BCUT2D eigenvalue weighted by molar-refractivity contribution is -0.274. The zero-order valence-electron chi connectivity index (χ0n) is 23.7. The smallest absolute Gasteiger partial charge is 0.478 e. The molecular weight excluding hydrogens is 608 g/mol. The molecule has 2 atom stereocenters. The van der Waals surface area contributed by atoms with Gasteiger partial charge in [-0.2, -0.15) is 0 Å². The lowest BCUT2D eigenvalue weighted by Crippen LogP contribution is -2.35. The summed E-state index contributed by atoms with van der Waals surface area (Å²) in [5.74, 6) is -6.65. The number of rotatable bonds is 9. The molecule has 1 heterocycles. The predicted octanol–water partition coefficient (Wildman–Crippen LogP) is 7.55. The number of halogens is 6. The van der Waals surface area contributed by atoms with Gasteiger partial charge in [-0.3, -0.25) is 4.79 Å². The maximum absolute atomic E-state index is 14.7. The molecule has 1 aliphatic rings. The lowest BCUT2D eigenvalue weighted by atomic mass is 9.83. The van der Waals surface area contributed by atoms with Crippen molar-refractivity contribution in [2.24, 2.45) is 5.92 Å². The van der Waals surface area contributed by atoms with E-state index in [-0.39, 0.29) is 16.9 Å². The molecule has 5 rings (SSSR count). The number of aromatic carboxylic acids is 1. The van der Waals surface area contributed by atoms with E-state index in [0.29, 0.717) is 24.5 Å². The number of aromatic nitrogens is 2. The van der Waals surface area contributed by atoms with Gasteiger partial charge in [0.2, 0.25) is 5.91 Å². The number of nitrogens with one attached hydrogen (secondary N) is 1. The van der Waals surface area contributed by atoms with E-state index >= 15 is 0 Å². The van der Waals surface area contributed by atoms with E-state index in [0.717, 1.165) is 43.5 Å². The first-order valence-corrected chi connectivity index (χ1v) is 14.0. The zero-order valence-corrected chi connectivity index (χ0v) is 23.7. The van der Waals surface area contributed by atoms with Crippen LogP contribution in [-0.2, 0) is 9.53 Å². The zero-order chi connectivity index (χ0) is 32.5. The van der Waals surface area contributed by atoms with Crippen LogP contribution in [0.5, 0.6) is 5.75 Å². The molecule has 8 nitrogen and oxygen atoms in total. The Kier molecular flexibility index (Phi) is 9.05. The number of hydrogen-bond acceptors (Lipinski definition) is 5. The molecule has 3 aromatic carbocycles. The Labute approximate surface area is 252 Å². The van der Waals surface area contributed by atoms with Gasteiger partial charge in [0.15, 0.2) is 17.4 Å². The topological polar surface area (TPSA) is 103 Å². The predicted molar refractivity (Wildman–Crippen MR) is 149 cm³/mol. The molecule has 0 saturated heterocycles. The van der Waals surface area contributed by atoms with Crippen molar-refractivity contribution >= 4 is 28.6 Å². The molecule has 4 aromatic rings. The molecule has 0 bridgehead atoms. The van der Waals surface area contributed by atoms with Crippen molar-refractivity contribution in [2.45, 2.75) is 50.6 Å². The molecule has 0 spiro atoms. The highest BCUT2D eigenvalue weighted by molar-refractivity contribution is 5.97. The standard InChI is InChI=1S/C31H27F6N3O5/c1-44-27(17-7-10-19(32)11-8-17)28-38-23-14-20(33)21(34)15-24(23)40(28)26(16-5-3-2-4-6-16)29(41)39-22-12-9-18(30(42)43)13-25(22)45-31(35,36)37/h7-16,26-27H,2-6H2,1H3,(H,39,41)(H,42,43). The number of hydrogen-bond donors (Lipinski definition) is 2. The number of fused-ring (bicyclic) bond motifs is 1. The van der Waals surface area contributed by atoms with E-state index < -0.39 is 70.8 Å². The van der Waals surface area contributed by atoms with Crippen molar-refractivity contribution in [3.05, 3.63) is 89.0 Å². The minimum atomic E-state index is -5.21. The number of carbonyl (C=O) groups is 2. The minimum Gasteiger partial charge on any atom is -0.478 e. The van der Waals surface area contributed by atoms with Crippen LogP contribution in [0.1, 0.15) is 66.0 Å². The first-order valence-electron chi connectivity index (χ1n) is 14.0. The molecule has 1 saturated carbocycles. The highest BCUT2D eigenvalue weighted by Gasteiger charge is 2.38. The van der Waals surface area contributed by atoms with Gasteiger partial charge in [-0.15, -0.1) is 13.2 Å². The van der Waals surface area contributed by atoms with Crippen molar-refractivity contribution in [2.75, 3.05) is 12.4 Å². The molecule has 45 heavy (non-hydrogen) atoms. The van der Waals surface area contributed by atoms with Crippen LogP contribution in [0.2, 0.25) is 0 Å².